The first-order valence-electron chi connectivity index (χ1n) is 11.0. The summed E-state index contributed by atoms with van der Waals surface area (Å²) in [5, 5.41) is 2.97. The smallest absolute Gasteiger partial charge is 0.242 e. The molecule has 2 fully saturated rings. The minimum absolute atomic E-state index is 0.00868. The highest BCUT2D eigenvalue weighted by Crippen LogP contribution is 2.24. The van der Waals surface area contributed by atoms with Gasteiger partial charge in [-0.1, -0.05) is 0 Å². The Morgan fingerprint density at radius 2 is 2.03 bits per heavy atom. The van der Waals surface area contributed by atoms with Crippen molar-refractivity contribution in [2.24, 2.45) is 5.92 Å². The number of rotatable bonds is 7. The van der Waals surface area contributed by atoms with Gasteiger partial charge >= 0.3 is 0 Å². The van der Waals surface area contributed by atoms with Crippen molar-refractivity contribution in [3.63, 3.8) is 0 Å². The first kappa shape index (κ1) is 22.1. The number of carbonyl (C=O) groups is 3. The lowest BCUT2D eigenvalue weighted by atomic mass is 9.93. The second kappa shape index (κ2) is 10.5. The van der Waals surface area contributed by atoms with Crippen molar-refractivity contribution in [3.05, 3.63) is 23.8 Å². The van der Waals surface area contributed by atoms with E-state index in [4.69, 9.17) is 4.74 Å². The Morgan fingerprint density at radius 1 is 1.20 bits per heavy atom. The van der Waals surface area contributed by atoms with Gasteiger partial charge in [-0.3, -0.25) is 14.4 Å². The Morgan fingerprint density at radius 3 is 2.77 bits per heavy atom. The Hall–Kier alpha value is -2.57. The summed E-state index contributed by atoms with van der Waals surface area (Å²) < 4.78 is 5.20. The molecule has 0 bridgehead atoms. The van der Waals surface area contributed by atoms with Crippen LogP contribution in [0, 0.1) is 12.8 Å². The standard InChI is InChI=1S/C23H33N3O4/c1-17-14-19(30-2)9-10-20(17)24-21(27)11-8-18-6-5-13-25(15-18)23(29)16-26-12-4-3-7-22(26)28/h9-10,14,18H,3-8,11-13,15-16H2,1-2H3,(H,24,27). The number of hydrogen-bond donors (Lipinski definition) is 1. The molecule has 0 spiro atoms. The number of likely N-dealkylation sites (tertiary alicyclic amines) is 2. The number of methoxy groups -OCH3 is 1. The number of hydrogen-bond acceptors (Lipinski definition) is 4. The third kappa shape index (κ3) is 5.97. The SMILES string of the molecule is COc1ccc(NC(=O)CCC2CCCN(C(=O)CN3CCCCC3=O)C2)c(C)c1. The highest BCUT2D eigenvalue weighted by atomic mass is 16.5. The van der Waals surface area contributed by atoms with Crippen LogP contribution in [0.15, 0.2) is 18.2 Å². The van der Waals surface area contributed by atoms with E-state index in [1.54, 1.807) is 12.0 Å². The minimum atomic E-state index is -0.00868. The van der Waals surface area contributed by atoms with E-state index in [0.29, 0.717) is 31.8 Å². The van der Waals surface area contributed by atoms with Gasteiger partial charge in [-0.25, -0.2) is 0 Å². The number of aryl methyl sites for hydroxylation is 1. The summed E-state index contributed by atoms with van der Waals surface area (Å²) in [6.45, 7) is 4.25. The van der Waals surface area contributed by atoms with Crippen molar-refractivity contribution in [1.82, 2.24) is 9.80 Å². The lowest BCUT2D eigenvalue weighted by molar-refractivity contribution is -0.142. The summed E-state index contributed by atoms with van der Waals surface area (Å²) in [5.74, 6) is 1.21. The van der Waals surface area contributed by atoms with Crippen LogP contribution in [0.25, 0.3) is 0 Å². The van der Waals surface area contributed by atoms with Gasteiger partial charge in [0, 0.05) is 38.2 Å². The fourth-order valence-corrected chi connectivity index (χ4v) is 4.27. The van der Waals surface area contributed by atoms with Crippen LogP contribution in [0.3, 0.4) is 0 Å². The second-order valence-electron chi connectivity index (χ2n) is 8.39. The molecular formula is C23H33N3O4. The van der Waals surface area contributed by atoms with Crippen molar-refractivity contribution in [3.8, 4) is 5.75 Å². The molecule has 1 N–H and O–H groups in total. The maximum Gasteiger partial charge on any atom is 0.242 e. The Bertz CT molecular complexity index is 780. The molecule has 3 rings (SSSR count). The van der Waals surface area contributed by atoms with E-state index >= 15 is 0 Å². The molecule has 1 unspecified atom stereocenters. The third-order valence-electron chi connectivity index (χ3n) is 6.11. The molecular weight excluding hydrogens is 382 g/mol. The average Bonchev–Trinajstić information content (AvgIpc) is 2.75. The largest absolute Gasteiger partial charge is 0.497 e. The van der Waals surface area contributed by atoms with Gasteiger partial charge in [0.15, 0.2) is 0 Å². The summed E-state index contributed by atoms with van der Waals surface area (Å²) >= 11 is 0. The van der Waals surface area contributed by atoms with Crippen molar-refractivity contribution in [2.45, 2.75) is 51.9 Å². The first-order chi connectivity index (χ1) is 14.5. The molecule has 30 heavy (non-hydrogen) atoms. The quantitative estimate of drug-likeness (QED) is 0.743. The highest BCUT2D eigenvalue weighted by molar-refractivity contribution is 5.91. The van der Waals surface area contributed by atoms with E-state index in [0.717, 1.165) is 55.6 Å². The number of nitrogens with one attached hydrogen (secondary N) is 1. The molecule has 2 heterocycles. The van der Waals surface area contributed by atoms with Gasteiger partial charge in [0.2, 0.25) is 17.7 Å². The lowest BCUT2D eigenvalue weighted by Crippen LogP contribution is -2.47. The molecule has 0 saturated carbocycles. The van der Waals surface area contributed by atoms with Crippen molar-refractivity contribution in [2.75, 3.05) is 38.6 Å². The summed E-state index contributed by atoms with van der Waals surface area (Å²) in [5.41, 5.74) is 1.76. The number of amides is 3. The second-order valence-corrected chi connectivity index (χ2v) is 8.39. The molecule has 1 atom stereocenters. The van der Waals surface area contributed by atoms with Crippen LogP contribution in [0.4, 0.5) is 5.69 Å². The molecule has 3 amide bonds. The van der Waals surface area contributed by atoms with Crippen LogP contribution >= 0.6 is 0 Å². The van der Waals surface area contributed by atoms with E-state index < -0.39 is 0 Å². The molecule has 0 aromatic heterocycles. The van der Waals surface area contributed by atoms with Gasteiger partial charge in [0.25, 0.3) is 0 Å². The number of piperidine rings is 2. The van der Waals surface area contributed by atoms with Crippen LogP contribution in [0.5, 0.6) is 5.75 Å². The van der Waals surface area contributed by atoms with Gasteiger partial charge in [-0.15, -0.1) is 0 Å². The molecule has 164 valence electrons. The lowest BCUT2D eigenvalue weighted by Gasteiger charge is -2.35. The maximum atomic E-state index is 12.7. The molecule has 1 aromatic carbocycles. The molecule has 7 heteroatoms. The Kier molecular flexibility index (Phi) is 7.71. The zero-order valence-electron chi connectivity index (χ0n) is 18.1. The number of carbonyl (C=O) groups excluding carboxylic acids is 3. The third-order valence-corrected chi connectivity index (χ3v) is 6.11. The zero-order chi connectivity index (χ0) is 21.5. The maximum absolute atomic E-state index is 12.7. The summed E-state index contributed by atoms with van der Waals surface area (Å²) in [4.78, 5) is 40.6. The number of ether oxygens (including phenoxy) is 1. The van der Waals surface area contributed by atoms with Crippen LogP contribution in [0.2, 0.25) is 0 Å². The van der Waals surface area contributed by atoms with E-state index in [9.17, 15) is 14.4 Å². The fourth-order valence-electron chi connectivity index (χ4n) is 4.27. The van der Waals surface area contributed by atoms with E-state index in [-0.39, 0.29) is 24.3 Å². The van der Waals surface area contributed by atoms with Gasteiger partial charge in [-0.05, 0) is 68.7 Å². The van der Waals surface area contributed by atoms with Crippen LogP contribution in [-0.2, 0) is 14.4 Å². The zero-order valence-corrected chi connectivity index (χ0v) is 18.1. The summed E-state index contributed by atoms with van der Waals surface area (Å²) in [7, 11) is 1.62. The monoisotopic (exact) mass is 415 g/mol. The van der Waals surface area contributed by atoms with E-state index in [1.807, 2.05) is 30.0 Å². The van der Waals surface area contributed by atoms with Gasteiger partial charge < -0.3 is 19.9 Å². The Balaban J connectivity index is 1.44. The predicted molar refractivity (Wildman–Crippen MR) is 115 cm³/mol. The average molecular weight is 416 g/mol. The van der Waals surface area contributed by atoms with Crippen molar-refractivity contribution < 1.29 is 19.1 Å². The van der Waals surface area contributed by atoms with Gasteiger partial charge in [-0.2, -0.15) is 0 Å². The highest BCUT2D eigenvalue weighted by Gasteiger charge is 2.27. The van der Waals surface area contributed by atoms with Crippen LogP contribution < -0.4 is 10.1 Å². The number of nitrogens with zero attached hydrogens (tertiary/aromatic N) is 2. The summed E-state index contributed by atoms with van der Waals surface area (Å²) in [6, 6.07) is 5.59. The van der Waals surface area contributed by atoms with Crippen LogP contribution in [0.1, 0.15) is 50.5 Å². The molecule has 2 aliphatic rings. The fraction of sp³-hybridized carbons (Fsp3) is 0.609. The minimum Gasteiger partial charge on any atom is -0.497 e. The Labute approximate surface area is 178 Å². The number of benzene rings is 1. The molecule has 0 radical (unpaired) electrons. The van der Waals surface area contributed by atoms with E-state index in [1.165, 1.54) is 0 Å². The molecule has 2 saturated heterocycles. The molecule has 7 nitrogen and oxygen atoms in total. The summed E-state index contributed by atoms with van der Waals surface area (Å²) in [6.07, 6.45) is 5.62. The van der Waals surface area contributed by atoms with E-state index in [2.05, 4.69) is 5.32 Å². The predicted octanol–water partition coefficient (Wildman–Crippen LogP) is 2.97. The molecule has 2 aliphatic heterocycles. The van der Waals surface area contributed by atoms with Gasteiger partial charge in [0.05, 0.1) is 13.7 Å². The van der Waals surface area contributed by atoms with Crippen molar-refractivity contribution >= 4 is 23.4 Å². The van der Waals surface area contributed by atoms with Crippen molar-refractivity contribution in [1.29, 1.82) is 0 Å². The molecule has 0 aliphatic carbocycles. The first-order valence-corrected chi connectivity index (χ1v) is 11.0. The molecule has 1 aromatic rings. The van der Waals surface area contributed by atoms with Crippen LogP contribution in [-0.4, -0.2) is 60.8 Å². The normalized spacial score (nSPS) is 19.5. The number of anilines is 1. The van der Waals surface area contributed by atoms with Gasteiger partial charge in [0.1, 0.15) is 5.75 Å². The topological polar surface area (TPSA) is 79.0 Å².